The normalized spacial score (nSPS) is 19.3. The van der Waals surface area contributed by atoms with Crippen molar-refractivity contribution in [2.75, 3.05) is 31.1 Å². The van der Waals surface area contributed by atoms with Crippen molar-refractivity contribution in [2.45, 2.75) is 58.4 Å². The molecule has 1 N–H and O–H groups in total. The Hall–Kier alpha value is -2.11. The Bertz CT molecular complexity index is 678. The molecule has 0 spiro atoms. The van der Waals surface area contributed by atoms with Gasteiger partial charge in [0.1, 0.15) is 11.9 Å². The third-order valence-corrected chi connectivity index (χ3v) is 6.08. The molecule has 160 valence electrons. The monoisotopic (exact) mass is 403 g/mol. The zero-order valence-corrected chi connectivity index (χ0v) is 17.7. The Morgan fingerprint density at radius 1 is 1.03 bits per heavy atom. The van der Waals surface area contributed by atoms with Crippen LogP contribution in [0.25, 0.3) is 0 Å². The fraction of sp³-hybridized carbons (Fsp3) is 0.652. The first-order valence-electron chi connectivity index (χ1n) is 11.0. The molecule has 5 nitrogen and oxygen atoms in total. The summed E-state index contributed by atoms with van der Waals surface area (Å²) in [6, 6.07) is 6.04. The smallest absolute Gasteiger partial charge is 0.245 e. The molecule has 0 unspecified atom stereocenters. The second-order valence-corrected chi connectivity index (χ2v) is 8.81. The number of piperazine rings is 1. The molecule has 1 aliphatic carbocycles. The first kappa shape index (κ1) is 21.6. The van der Waals surface area contributed by atoms with E-state index in [9.17, 15) is 14.0 Å². The summed E-state index contributed by atoms with van der Waals surface area (Å²) < 4.78 is 13.1. The molecule has 29 heavy (non-hydrogen) atoms. The molecule has 0 radical (unpaired) electrons. The van der Waals surface area contributed by atoms with Crippen LogP contribution in [0.4, 0.5) is 10.1 Å². The summed E-state index contributed by atoms with van der Waals surface area (Å²) in [6.07, 6.45) is 5.94. The van der Waals surface area contributed by atoms with Gasteiger partial charge in [0.05, 0.1) is 0 Å². The average Bonchev–Trinajstić information content (AvgIpc) is 2.74. The maximum absolute atomic E-state index is 13.2. The number of hydrogen-bond acceptors (Lipinski definition) is 3. The molecular formula is C23H34FN3O2. The van der Waals surface area contributed by atoms with Crippen LogP contribution >= 0.6 is 0 Å². The van der Waals surface area contributed by atoms with Gasteiger partial charge < -0.3 is 15.1 Å². The minimum Gasteiger partial charge on any atom is -0.368 e. The Morgan fingerprint density at radius 3 is 2.24 bits per heavy atom. The molecule has 2 amide bonds. The number of carbonyl (C=O) groups is 2. The van der Waals surface area contributed by atoms with Crippen LogP contribution in [0.1, 0.15) is 52.4 Å². The summed E-state index contributed by atoms with van der Waals surface area (Å²) in [6.45, 7) is 6.82. The van der Waals surface area contributed by atoms with E-state index in [4.69, 9.17) is 0 Å². The van der Waals surface area contributed by atoms with Gasteiger partial charge in [-0.05, 0) is 49.4 Å². The van der Waals surface area contributed by atoms with Gasteiger partial charge in [0, 0.05) is 37.8 Å². The number of hydrogen-bond donors (Lipinski definition) is 1. The SMILES string of the molecule is CC(C)C[C@H](NC(=O)C1CCCCC1)C(=O)N1CCN(c2ccc(F)cc2)CC1. The summed E-state index contributed by atoms with van der Waals surface area (Å²) in [5, 5.41) is 3.08. The second kappa shape index (κ2) is 10.1. The van der Waals surface area contributed by atoms with E-state index in [0.717, 1.165) is 31.4 Å². The van der Waals surface area contributed by atoms with Gasteiger partial charge in [-0.3, -0.25) is 9.59 Å². The molecule has 1 saturated heterocycles. The highest BCUT2D eigenvalue weighted by Gasteiger charge is 2.31. The van der Waals surface area contributed by atoms with Gasteiger partial charge in [-0.2, -0.15) is 0 Å². The molecule has 6 heteroatoms. The van der Waals surface area contributed by atoms with Gasteiger partial charge in [-0.25, -0.2) is 4.39 Å². The number of amides is 2. The quantitative estimate of drug-likeness (QED) is 0.790. The number of nitrogens with one attached hydrogen (secondary N) is 1. The first-order chi connectivity index (χ1) is 13.9. The van der Waals surface area contributed by atoms with Crippen molar-refractivity contribution in [3.63, 3.8) is 0 Å². The van der Waals surface area contributed by atoms with Crippen LogP contribution in [-0.4, -0.2) is 48.9 Å². The molecule has 1 heterocycles. The predicted molar refractivity (Wildman–Crippen MR) is 113 cm³/mol. The predicted octanol–water partition coefficient (Wildman–Crippen LogP) is 3.59. The van der Waals surface area contributed by atoms with Crippen molar-refractivity contribution in [1.82, 2.24) is 10.2 Å². The van der Waals surface area contributed by atoms with Crippen LogP contribution in [0.2, 0.25) is 0 Å². The Labute approximate surface area is 173 Å². The maximum atomic E-state index is 13.2. The van der Waals surface area contributed by atoms with E-state index in [1.165, 1.54) is 18.6 Å². The molecule has 3 rings (SSSR count). The minimum absolute atomic E-state index is 0.0293. The van der Waals surface area contributed by atoms with Gasteiger partial charge in [0.15, 0.2) is 0 Å². The lowest BCUT2D eigenvalue weighted by Gasteiger charge is -2.38. The summed E-state index contributed by atoms with van der Waals surface area (Å²) in [5.74, 6) is 0.223. The highest BCUT2D eigenvalue weighted by molar-refractivity contribution is 5.88. The Kier molecular flexibility index (Phi) is 7.51. The summed E-state index contributed by atoms with van der Waals surface area (Å²) in [5.41, 5.74) is 0.975. The number of nitrogens with zero attached hydrogens (tertiary/aromatic N) is 2. The van der Waals surface area contributed by atoms with Crippen molar-refractivity contribution in [3.8, 4) is 0 Å². The third-order valence-electron chi connectivity index (χ3n) is 6.08. The highest BCUT2D eigenvalue weighted by Crippen LogP contribution is 2.24. The average molecular weight is 404 g/mol. The van der Waals surface area contributed by atoms with Crippen molar-refractivity contribution < 1.29 is 14.0 Å². The van der Waals surface area contributed by atoms with Crippen LogP contribution in [0.15, 0.2) is 24.3 Å². The molecule has 1 aromatic rings. The van der Waals surface area contributed by atoms with Crippen molar-refractivity contribution >= 4 is 17.5 Å². The maximum Gasteiger partial charge on any atom is 0.245 e. The molecular weight excluding hydrogens is 369 g/mol. The van der Waals surface area contributed by atoms with E-state index in [1.807, 2.05) is 4.90 Å². The zero-order valence-electron chi connectivity index (χ0n) is 17.7. The Balaban J connectivity index is 1.57. The fourth-order valence-corrected chi connectivity index (χ4v) is 4.40. The third kappa shape index (κ3) is 5.94. The molecule has 1 saturated carbocycles. The molecule has 2 fully saturated rings. The zero-order chi connectivity index (χ0) is 20.8. The van der Waals surface area contributed by atoms with Crippen LogP contribution in [-0.2, 0) is 9.59 Å². The van der Waals surface area contributed by atoms with Gasteiger partial charge >= 0.3 is 0 Å². The summed E-state index contributed by atoms with van der Waals surface area (Å²) >= 11 is 0. The van der Waals surface area contributed by atoms with Gasteiger partial charge in [0.25, 0.3) is 0 Å². The minimum atomic E-state index is -0.443. The fourth-order valence-electron chi connectivity index (χ4n) is 4.40. The lowest BCUT2D eigenvalue weighted by atomic mass is 9.88. The number of anilines is 1. The largest absolute Gasteiger partial charge is 0.368 e. The number of carbonyl (C=O) groups excluding carboxylic acids is 2. The second-order valence-electron chi connectivity index (χ2n) is 8.81. The highest BCUT2D eigenvalue weighted by atomic mass is 19.1. The van der Waals surface area contributed by atoms with Crippen LogP contribution in [0.3, 0.4) is 0 Å². The lowest BCUT2D eigenvalue weighted by molar-refractivity contribution is -0.138. The van der Waals surface area contributed by atoms with Crippen molar-refractivity contribution in [3.05, 3.63) is 30.1 Å². The van der Waals surface area contributed by atoms with E-state index < -0.39 is 6.04 Å². The Morgan fingerprint density at radius 2 is 1.66 bits per heavy atom. The topological polar surface area (TPSA) is 52.7 Å². The molecule has 0 bridgehead atoms. The van der Waals surface area contributed by atoms with Crippen LogP contribution in [0.5, 0.6) is 0 Å². The summed E-state index contributed by atoms with van der Waals surface area (Å²) in [7, 11) is 0. The van der Waals surface area contributed by atoms with Crippen LogP contribution < -0.4 is 10.2 Å². The van der Waals surface area contributed by atoms with Gasteiger partial charge in [-0.1, -0.05) is 33.1 Å². The van der Waals surface area contributed by atoms with Gasteiger partial charge in [0.2, 0.25) is 11.8 Å². The standard InChI is InChI=1S/C23H34FN3O2/c1-17(2)16-21(25-22(28)18-6-4-3-5-7-18)23(29)27-14-12-26(13-15-27)20-10-8-19(24)9-11-20/h8-11,17-18,21H,3-7,12-16H2,1-2H3,(H,25,28)/t21-/m0/s1. The van der Waals surface area contributed by atoms with Crippen molar-refractivity contribution in [1.29, 1.82) is 0 Å². The van der Waals surface area contributed by atoms with E-state index in [0.29, 0.717) is 38.5 Å². The van der Waals surface area contributed by atoms with E-state index in [1.54, 1.807) is 12.1 Å². The molecule has 1 aromatic carbocycles. The van der Waals surface area contributed by atoms with E-state index in [2.05, 4.69) is 24.1 Å². The lowest BCUT2D eigenvalue weighted by Crippen LogP contribution is -2.56. The summed E-state index contributed by atoms with van der Waals surface area (Å²) in [4.78, 5) is 29.9. The number of rotatable bonds is 6. The molecule has 1 atom stereocenters. The number of benzene rings is 1. The van der Waals surface area contributed by atoms with Crippen LogP contribution in [0, 0.1) is 17.7 Å². The molecule has 0 aromatic heterocycles. The van der Waals surface area contributed by atoms with Gasteiger partial charge in [-0.15, -0.1) is 0 Å². The van der Waals surface area contributed by atoms with E-state index >= 15 is 0 Å². The first-order valence-corrected chi connectivity index (χ1v) is 11.0. The molecule has 2 aliphatic rings. The molecule has 1 aliphatic heterocycles. The van der Waals surface area contributed by atoms with Crippen molar-refractivity contribution in [2.24, 2.45) is 11.8 Å². The number of halogens is 1. The van der Waals surface area contributed by atoms with E-state index in [-0.39, 0.29) is 23.5 Å².